The van der Waals surface area contributed by atoms with Crippen molar-refractivity contribution in [2.45, 2.75) is 33.3 Å². The minimum atomic E-state index is -0.829. The highest BCUT2D eigenvalue weighted by molar-refractivity contribution is 5.84. The van der Waals surface area contributed by atoms with Crippen LogP contribution in [0.1, 0.15) is 23.6 Å². The Morgan fingerprint density at radius 1 is 1.23 bits per heavy atom. The second-order valence-electron chi connectivity index (χ2n) is 6.52. The first-order valence-electron chi connectivity index (χ1n) is 7.65. The van der Waals surface area contributed by atoms with Gasteiger partial charge >= 0.3 is 5.97 Å². The first-order chi connectivity index (χ1) is 10.4. The van der Waals surface area contributed by atoms with Crippen molar-refractivity contribution >= 4 is 11.9 Å². The fourth-order valence-electron chi connectivity index (χ4n) is 3.32. The summed E-state index contributed by atoms with van der Waals surface area (Å²) in [5.74, 6) is -0.637. The van der Waals surface area contributed by atoms with Gasteiger partial charge < -0.3 is 14.7 Å². The molecule has 5 heteroatoms. The Morgan fingerprint density at radius 2 is 1.91 bits per heavy atom. The summed E-state index contributed by atoms with van der Waals surface area (Å²) in [7, 11) is 0. The van der Waals surface area contributed by atoms with E-state index in [4.69, 9.17) is 4.74 Å². The number of aryl methyl sites for hydroxylation is 2. The summed E-state index contributed by atoms with van der Waals surface area (Å²) in [5.41, 5.74) is 3.40. The molecule has 5 nitrogen and oxygen atoms in total. The molecule has 1 aromatic carbocycles. The normalized spacial score (nSPS) is 26.7. The second-order valence-corrected chi connectivity index (χ2v) is 6.52. The Kier molecular flexibility index (Phi) is 3.59. The van der Waals surface area contributed by atoms with Gasteiger partial charge in [0.05, 0.1) is 5.92 Å². The van der Waals surface area contributed by atoms with E-state index in [-0.39, 0.29) is 18.4 Å². The molecule has 0 saturated carbocycles. The quantitative estimate of drug-likeness (QED) is 0.904. The zero-order valence-corrected chi connectivity index (χ0v) is 13.1. The van der Waals surface area contributed by atoms with Gasteiger partial charge in [-0.2, -0.15) is 0 Å². The molecule has 2 aliphatic heterocycles. The minimum Gasteiger partial charge on any atom is -0.481 e. The third kappa shape index (κ3) is 2.45. The molecule has 1 N–H and O–H groups in total. The van der Waals surface area contributed by atoms with Crippen molar-refractivity contribution in [1.82, 2.24) is 4.90 Å². The molecule has 1 unspecified atom stereocenters. The topological polar surface area (TPSA) is 66.8 Å². The summed E-state index contributed by atoms with van der Waals surface area (Å²) in [6, 6.07) is 4.05. The van der Waals surface area contributed by atoms with E-state index >= 15 is 0 Å². The molecule has 0 aliphatic carbocycles. The highest BCUT2D eigenvalue weighted by Gasteiger charge is 2.41. The monoisotopic (exact) mass is 303 g/mol. The number of amides is 1. The van der Waals surface area contributed by atoms with Crippen LogP contribution in [0.2, 0.25) is 0 Å². The Balaban J connectivity index is 1.72. The first kappa shape index (κ1) is 14.9. The minimum absolute atomic E-state index is 0.0188. The van der Waals surface area contributed by atoms with Crippen LogP contribution >= 0.6 is 0 Å². The summed E-state index contributed by atoms with van der Waals surface area (Å²) in [6.45, 7) is 6.72. The van der Waals surface area contributed by atoms with E-state index in [0.29, 0.717) is 13.0 Å². The maximum Gasteiger partial charge on any atom is 0.308 e. The van der Waals surface area contributed by atoms with Gasteiger partial charge in [0.15, 0.2) is 6.10 Å². The Morgan fingerprint density at radius 3 is 2.55 bits per heavy atom. The summed E-state index contributed by atoms with van der Waals surface area (Å²) in [4.78, 5) is 25.4. The number of ether oxygens (including phenoxy) is 1. The Labute approximate surface area is 129 Å². The molecule has 0 bridgehead atoms. The number of hydrogen-bond donors (Lipinski definition) is 1. The molecule has 2 heterocycles. The van der Waals surface area contributed by atoms with Crippen LogP contribution in [0.15, 0.2) is 12.1 Å². The molecule has 3 rings (SSSR count). The van der Waals surface area contributed by atoms with E-state index in [2.05, 4.69) is 6.07 Å². The van der Waals surface area contributed by atoms with E-state index in [1.807, 2.05) is 26.8 Å². The van der Waals surface area contributed by atoms with Gasteiger partial charge in [-0.05, 0) is 42.5 Å². The Hall–Kier alpha value is -2.04. The van der Waals surface area contributed by atoms with Gasteiger partial charge in [0.25, 0.3) is 5.91 Å². The molecular formula is C17H21NO4. The number of carbonyl (C=O) groups is 2. The van der Waals surface area contributed by atoms with Crippen LogP contribution in [0.25, 0.3) is 0 Å². The number of aliphatic carboxylic acids is 1. The van der Waals surface area contributed by atoms with Crippen molar-refractivity contribution in [1.29, 1.82) is 0 Å². The lowest BCUT2D eigenvalue weighted by Gasteiger charge is -2.20. The van der Waals surface area contributed by atoms with Crippen LogP contribution in [0.4, 0.5) is 0 Å². The zero-order chi connectivity index (χ0) is 16.0. The molecule has 3 atom stereocenters. The SMILES string of the molecule is Cc1cc2c(cc1C)OC(C(=O)N1C[C@@H](C)[C@H](C(=O)O)C1)C2. The van der Waals surface area contributed by atoms with Gasteiger partial charge in [-0.3, -0.25) is 9.59 Å². The number of carboxylic acids is 1. The number of benzene rings is 1. The average molecular weight is 303 g/mol. The molecule has 0 radical (unpaired) electrons. The molecule has 1 saturated heterocycles. The molecule has 0 aromatic heterocycles. The zero-order valence-electron chi connectivity index (χ0n) is 13.1. The lowest BCUT2D eigenvalue weighted by molar-refractivity contribution is -0.142. The van der Waals surface area contributed by atoms with Gasteiger partial charge in [-0.25, -0.2) is 0 Å². The fraction of sp³-hybridized carbons (Fsp3) is 0.529. The number of nitrogens with zero attached hydrogens (tertiary/aromatic N) is 1. The smallest absolute Gasteiger partial charge is 0.308 e. The summed E-state index contributed by atoms with van der Waals surface area (Å²) < 4.78 is 5.81. The molecule has 0 spiro atoms. The molecule has 118 valence electrons. The molecule has 22 heavy (non-hydrogen) atoms. The summed E-state index contributed by atoms with van der Waals surface area (Å²) >= 11 is 0. The fourth-order valence-corrected chi connectivity index (χ4v) is 3.32. The highest BCUT2D eigenvalue weighted by atomic mass is 16.5. The van der Waals surface area contributed by atoms with E-state index in [9.17, 15) is 14.7 Å². The number of likely N-dealkylation sites (tertiary alicyclic amines) is 1. The second kappa shape index (κ2) is 5.30. The van der Waals surface area contributed by atoms with Gasteiger partial charge in [-0.1, -0.05) is 13.0 Å². The number of rotatable bonds is 2. The van der Waals surface area contributed by atoms with Crippen LogP contribution < -0.4 is 4.74 Å². The Bertz CT molecular complexity index is 609. The van der Waals surface area contributed by atoms with Crippen molar-refractivity contribution in [3.63, 3.8) is 0 Å². The van der Waals surface area contributed by atoms with Crippen LogP contribution in [-0.4, -0.2) is 41.1 Å². The van der Waals surface area contributed by atoms with Gasteiger partial charge in [0.1, 0.15) is 5.75 Å². The predicted octanol–water partition coefficient (Wildman–Crippen LogP) is 1.79. The number of fused-ring (bicyclic) bond motifs is 1. The van der Waals surface area contributed by atoms with Gasteiger partial charge in [0, 0.05) is 19.5 Å². The maximum atomic E-state index is 12.6. The van der Waals surface area contributed by atoms with Gasteiger partial charge in [-0.15, -0.1) is 0 Å². The largest absolute Gasteiger partial charge is 0.481 e. The number of hydrogen-bond acceptors (Lipinski definition) is 3. The predicted molar refractivity (Wildman–Crippen MR) is 80.9 cm³/mol. The van der Waals surface area contributed by atoms with Crippen LogP contribution in [-0.2, 0) is 16.0 Å². The van der Waals surface area contributed by atoms with Crippen molar-refractivity contribution < 1.29 is 19.4 Å². The number of carboxylic acid groups (broad SMARTS) is 1. The average Bonchev–Trinajstić information content (AvgIpc) is 3.02. The summed E-state index contributed by atoms with van der Waals surface area (Å²) in [5, 5.41) is 9.18. The third-order valence-corrected chi connectivity index (χ3v) is 4.87. The first-order valence-corrected chi connectivity index (χ1v) is 7.65. The van der Waals surface area contributed by atoms with E-state index < -0.39 is 18.0 Å². The highest BCUT2D eigenvalue weighted by Crippen LogP contribution is 2.33. The van der Waals surface area contributed by atoms with Crippen molar-refractivity contribution in [2.75, 3.05) is 13.1 Å². The van der Waals surface area contributed by atoms with Crippen molar-refractivity contribution in [3.05, 3.63) is 28.8 Å². The molecular weight excluding hydrogens is 282 g/mol. The third-order valence-electron chi connectivity index (χ3n) is 4.87. The summed E-state index contributed by atoms with van der Waals surface area (Å²) in [6.07, 6.45) is 0.0497. The van der Waals surface area contributed by atoms with Crippen LogP contribution in [0, 0.1) is 25.7 Å². The van der Waals surface area contributed by atoms with Crippen molar-refractivity contribution in [2.24, 2.45) is 11.8 Å². The lowest BCUT2D eigenvalue weighted by atomic mass is 9.99. The number of carbonyl (C=O) groups excluding carboxylic acids is 1. The van der Waals surface area contributed by atoms with E-state index in [0.717, 1.165) is 16.9 Å². The van der Waals surface area contributed by atoms with Crippen molar-refractivity contribution in [3.8, 4) is 5.75 Å². The molecule has 2 aliphatic rings. The molecule has 1 fully saturated rings. The molecule has 1 aromatic rings. The maximum absolute atomic E-state index is 12.6. The van der Waals surface area contributed by atoms with E-state index in [1.165, 1.54) is 5.56 Å². The molecule has 1 amide bonds. The lowest BCUT2D eigenvalue weighted by Crippen LogP contribution is -2.40. The van der Waals surface area contributed by atoms with Crippen LogP contribution in [0.3, 0.4) is 0 Å². The van der Waals surface area contributed by atoms with E-state index in [1.54, 1.807) is 4.90 Å². The van der Waals surface area contributed by atoms with Gasteiger partial charge in [0.2, 0.25) is 0 Å². The van der Waals surface area contributed by atoms with Crippen LogP contribution in [0.5, 0.6) is 5.75 Å². The standard InChI is InChI=1S/C17H21NO4/c1-9-4-12-6-15(22-14(12)5-10(9)2)16(19)18-7-11(3)13(8-18)17(20)21/h4-5,11,13,15H,6-8H2,1-3H3,(H,20,21)/t11-,13-,15?/m1/s1.